The van der Waals surface area contributed by atoms with Crippen LogP contribution in [0.2, 0.25) is 5.02 Å². The fourth-order valence-corrected chi connectivity index (χ4v) is 3.61. The van der Waals surface area contributed by atoms with Gasteiger partial charge in [0.25, 0.3) is 0 Å². The molecule has 2 heterocycles. The Hall–Kier alpha value is -2.72. The number of ether oxygens (including phenoxy) is 2. The number of H-pyrrole nitrogens is 1. The number of aromatic nitrogens is 1. The van der Waals surface area contributed by atoms with Gasteiger partial charge in [0, 0.05) is 21.7 Å². The SMILES string of the molecule is COC(=O)c1[nH]c2c(c1-c1cc(C)cc(Cl)c1)COc1ccccc1-2. The fourth-order valence-electron chi connectivity index (χ4n) is 3.32. The largest absolute Gasteiger partial charge is 0.488 e. The molecule has 1 aromatic heterocycles. The van der Waals surface area contributed by atoms with Gasteiger partial charge in [-0.2, -0.15) is 0 Å². The maximum Gasteiger partial charge on any atom is 0.355 e. The Morgan fingerprint density at radius 2 is 2.04 bits per heavy atom. The first-order valence-corrected chi connectivity index (χ1v) is 8.29. The standard InChI is InChI=1S/C20H16ClNO3/c1-11-7-12(9-13(21)8-11)17-15-10-25-16-6-4-3-5-14(16)18(15)22-19(17)20(23)24-2/h3-9,22H,10H2,1-2H3. The third kappa shape index (κ3) is 2.59. The van der Waals surface area contributed by atoms with Crippen molar-refractivity contribution in [3.8, 4) is 28.1 Å². The lowest BCUT2D eigenvalue weighted by Crippen LogP contribution is -2.05. The second-order valence-electron chi connectivity index (χ2n) is 6.02. The van der Waals surface area contributed by atoms with E-state index < -0.39 is 5.97 Å². The van der Waals surface area contributed by atoms with Gasteiger partial charge in [-0.1, -0.05) is 29.8 Å². The minimum absolute atomic E-state index is 0.376. The van der Waals surface area contributed by atoms with Crippen LogP contribution in [0.5, 0.6) is 5.75 Å². The molecule has 0 spiro atoms. The van der Waals surface area contributed by atoms with E-state index in [1.807, 2.05) is 49.4 Å². The second-order valence-corrected chi connectivity index (χ2v) is 6.46. The van der Waals surface area contributed by atoms with Gasteiger partial charge < -0.3 is 14.5 Å². The van der Waals surface area contributed by atoms with Gasteiger partial charge in [-0.25, -0.2) is 4.79 Å². The zero-order valence-corrected chi connectivity index (χ0v) is 14.6. The topological polar surface area (TPSA) is 51.3 Å². The van der Waals surface area contributed by atoms with E-state index in [-0.39, 0.29) is 0 Å². The minimum Gasteiger partial charge on any atom is -0.488 e. The number of aryl methyl sites for hydroxylation is 1. The lowest BCUT2D eigenvalue weighted by atomic mass is 9.95. The van der Waals surface area contributed by atoms with Gasteiger partial charge in [0.2, 0.25) is 0 Å². The highest BCUT2D eigenvalue weighted by Crippen LogP contribution is 2.43. The number of rotatable bonds is 2. The van der Waals surface area contributed by atoms with Gasteiger partial charge in [-0.05, 0) is 42.3 Å². The first-order valence-electron chi connectivity index (χ1n) is 7.91. The fraction of sp³-hybridized carbons (Fsp3) is 0.150. The Bertz CT molecular complexity index is 970. The maximum absolute atomic E-state index is 12.4. The van der Waals surface area contributed by atoms with Crippen LogP contribution < -0.4 is 4.74 Å². The number of para-hydroxylation sites is 1. The van der Waals surface area contributed by atoms with E-state index in [1.165, 1.54) is 7.11 Å². The lowest BCUT2D eigenvalue weighted by molar-refractivity contribution is 0.0596. The monoisotopic (exact) mass is 353 g/mol. The van der Waals surface area contributed by atoms with Crippen molar-refractivity contribution in [1.82, 2.24) is 4.98 Å². The molecule has 4 nitrogen and oxygen atoms in total. The van der Waals surface area contributed by atoms with Gasteiger partial charge in [-0.15, -0.1) is 0 Å². The molecule has 1 aliphatic rings. The van der Waals surface area contributed by atoms with E-state index >= 15 is 0 Å². The molecule has 2 aromatic carbocycles. The number of esters is 1. The summed E-state index contributed by atoms with van der Waals surface area (Å²) < 4.78 is 10.9. The minimum atomic E-state index is -0.417. The Morgan fingerprint density at radius 1 is 1.24 bits per heavy atom. The van der Waals surface area contributed by atoms with Crippen molar-refractivity contribution in [3.63, 3.8) is 0 Å². The molecule has 5 heteroatoms. The van der Waals surface area contributed by atoms with Crippen molar-refractivity contribution < 1.29 is 14.3 Å². The summed E-state index contributed by atoms with van der Waals surface area (Å²) in [4.78, 5) is 15.6. The highest BCUT2D eigenvalue weighted by Gasteiger charge is 2.29. The number of carbonyl (C=O) groups excluding carboxylic acids is 1. The molecule has 3 aromatic rings. The molecule has 0 aliphatic carbocycles. The maximum atomic E-state index is 12.4. The molecule has 0 amide bonds. The molecular weight excluding hydrogens is 338 g/mol. The van der Waals surface area contributed by atoms with Crippen molar-refractivity contribution in [1.29, 1.82) is 0 Å². The van der Waals surface area contributed by atoms with Crippen molar-refractivity contribution in [2.45, 2.75) is 13.5 Å². The normalized spacial score (nSPS) is 12.1. The summed E-state index contributed by atoms with van der Waals surface area (Å²) in [5.74, 6) is 0.376. The predicted octanol–water partition coefficient (Wildman–Crippen LogP) is 4.99. The summed E-state index contributed by atoms with van der Waals surface area (Å²) in [6.07, 6.45) is 0. The molecule has 0 saturated carbocycles. The van der Waals surface area contributed by atoms with Crippen LogP contribution >= 0.6 is 11.6 Å². The number of hydrogen-bond donors (Lipinski definition) is 1. The van der Waals surface area contributed by atoms with E-state index in [4.69, 9.17) is 21.1 Å². The number of fused-ring (bicyclic) bond motifs is 3. The molecule has 0 saturated heterocycles. The van der Waals surface area contributed by atoms with Crippen LogP contribution in [0.15, 0.2) is 42.5 Å². The summed E-state index contributed by atoms with van der Waals surface area (Å²) in [5, 5.41) is 0.623. The van der Waals surface area contributed by atoms with Gasteiger partial charge in [0.05, 0.1) is 12.8 Å². The average Bonchev–Trinajstić information content (AvgIpc) is 3.00. The number of nitrogens with one attached hydrogen (secondary N) is 1. The second kappa shape index (κ2) is 5.97. The molecule has 0 fully saturated rings. The summed E-state index contributed by atoms with van der Waals surface area (Å²) >= 11 is 6.24. The molecule has 25 heavy (non-hydrogen) atoms. The van der Waals surface area contributed by atoms with Crippen molar-refractivity contribution in [2.75, 3.05) is 7.11 Å². The number of hydrogen-bond acceptors (Lipinski definition) is 3. The molecule has 126 valence electrons. The van der Waals surface area contributed by atoms with Gasteiger partial charge >= 0.3 is 5.97 Å². The third-order valence-electron chi connectivity index (χ3n) is 4.35. The Labute approximate surface area is 150 Å². The third-order valence-corrected chi connectivity index (χ3v) is 4.57. The van der Waals surface area contributed by atoms with Crippen LogP contribution in [0.25, 0.3) is 22.4 Å². The van der Waals surface area contributed by atoms with Gasteiger partial charge in [-0.3, -0.25) is 0 Å². The molecule has 4 rings (SSSR count). The lowest BCUT2D eigenvalue weighted by Gasteiger charge is -2.18. The van der Waals surface area contributed by atoms with Crippen LogP contribution in [-0.4, -0.2) is 18.1 Å². The van der Waals surface area contributed by atoms with Crippen LogP contribution in [0.1, 0.15) is 21.6 Å². The number of carbonyl (C=O) groups is 1. The van der Waals surface area contributed by atoms with Crippen LogP contribution in [0, 0.1) is 6.92 Å². The Balaban J connectivity index is 2.01. The van der Waals surface area contributed by atoms with E-state index in [1.54, 1.807) is 0 Å². The number of benzene rings is 2. The smallest absolute Gasteiger partial charge is 0.355 e. The molecule has 1 N–H and O–H groups in total. The van der Waals surface area contributed by atoms with E-state index in [9.17, 15) is 4.79 Å². The predicted molar refractivity (Wildman–Crippen MR) is 97.1 cm³/mol. The van der Waals surface area contributed by atoms with Crippen molar-refractivity contribution in [2.24, 2.45) is 0 Å². The van der Waals surface area contributed by atoms with Gasteiger partial charge in [0.1, 0.15) is 18.1 Å². The van der Waals surface area contributed by atoms with E-state index in [0.29, 0.717) is 17.3 Å². The molecule has 0 atom stereocenters. The Morgan fingerprint density at radius 3 is 2.80 bits per heavy atom. The molecule has 1 aliphatic heterocycles. The quantitative estimate of drug-likeness (QED) is 0.660. The number of halogens is 1. The van der Waals surface area contributed by atoms with Crippen molar-refractivity contribution >= 4 is 17.6 Å². The first kappa shape index (κ1) is 15.8. The summed E-state index contributed by atoms with van der Waals surface area (Å²) in [7, 11) is 1.37. The zero-order valence-electron chi connectivity index (χ0n) is 13.9. The van der Waals surface area contributed by atoms with E-state index in [2.05, 4.69) is 4.98 Å². The summed E-state index contributed by atoms with van der Waals surface area (Å²) in [5.41, 5.74) is 5.82. The highest BCUT2D eigenvalue weighted by molar-refractivity contribution is 6.31. The van der Waals surface area contributed by atoms with Crippen molar-refractivity contribution in [3.05, 3.63) is 64.3 Å². The average molecular weight is 354 g/mol. The van der Waals surface area contributed by atoms with Gasteiger partial charge in [0.15, 0.2) is 0 Å². The molecule has 0 radical (unpaired) electrons. The Kier molecular flexibility index (Phi) is 3.77. The molecule has 0 bridgehead atoms. The van der Waals surface area contributed by atoms with E-state index in [0.717, 1.165) is 39.3 Å². The zero-order chi connectivity index (χ0) is 17.6. The summed E-state index contributed by atoms with van der Waals surface area (Å²) in [6.45, 7) is 2.35. The first-order chi connectivity index (χ1) is 12.1. The highest BCUT2D eigenvalue weighted by atomic mass is 35.5. The molecular formula is C20H16ClNO3. The summed E-state index contributed by atoms with van der Waals surface area (Å²) in [6, 6.07) is 13.5. The number of aromatic amines is 1. The van der Waals surface area contributed by atoms with Crippen LogP contribution in [-0.2, 0) is 11.3 Å². The van der Waals surface area contributed by atoms with Crippen LogP contribution in [0.3, 0.4) is 0 Å². The number of methoxy groups -OCH3 is 1. The van der Waals surface area contributed by atoms with Crippen LogP contribution in [0.4, 0.5) is 0 Å². The molecule has 0 unspecified atom stereocenters.